The summed E-state index contributed by atoms with van der Waals surface area (Å²) in [6, 6.07) is 0.784. The zero-order valence-electron chi connectivity index (χ0n) is 7.00. The van der Waals surface area contributed by atoms with Crippen LogP contribution in [-0.4, -0.2) is 23.8 Å². The molecule has 2 aliphatic rings. The molecule has 2 nitrogen and oxygen atoms in total. The van der Waals surface area contributed by atoms with Crippen LogP contribution in [0, 0.1) is 0 Å². The van der Waals surface area contributed by atoms with Gasteiger partial charge in [-0.3, -0.25) is 5.01 Å². The Morgan fingerprint density at radius 2 is 2.09 bits per heavy atom. The first-order valence-corrected chi connectivity index (χ1v) is 4.76. The maximum atomic E-state index is 4.45. The van der Waals surface area contributed by atoms with Crippen molar-refractivity contribution in [2.75, 3.05) is 6.54 Å². The van der Waals surface area contributed by atoms with E-state index in [1.165, 1.54) is 45.1 Å². The Morgan fingerprint density at radius 1 is 1.18 bits per heavy atom. The van der Waals surface area contributed by atoms with Crippen LogP contribution in [0.5, 0.6) is 0 Å². The normalized spacial score (nSPS) is 31.3. The minimum Gasteiger partial charge on any atom is -0.294 e. The average molecular weight is 152 g/mol. The van der Waals surface area contributed by atoms with Crippen molar-refractivity contribution in [2.45, 2.75) is 44.6 Å². The lowest BCUT2D eigenvalue weighted by atomic mass is 10.1. The first-order chi connectivity index (χ1) is 5.47. The van der Waals surface area contributed by atoms with Gasteiger partial charge in [0.15, 0.2) is 0 Å². The van der Waals surface area contributed by atoms with Gasteiger partial charge in [-0.25, -0.2) is 0 Å². The molecule has 0 amide bonds. The molecule has 11 heavy (non-hydrogen) atoms. The van der Waals surface area contributed by atoms with E-state index in [2.05, 4.69) is 16.3 Å². The van der Waals surface area contributed by atoms with Crippen molar-refractivity contribution >= 4 is 6.21 Å². The minimum absolute atomic E-state index is 0.784. The van der Waals surface area contributed by atoms with Crippen LogP contribution in [-0.2, 0) is 0 Å². The van der Waals surface area contributed by atoms with E-state index >= 15 is 0 Å². The molecule has 2 heteroatoms. The Kier molecular flexibility index (Phi) is 2.11. The Labute approximate surface area is 68.3 Å². The Morgan fingerprint density at radius 3 is 3.09 bits per heavy atom. The summed E-state index contributed by atoms with van der Waals surface area (Å²) in [5.74, 6) is 0. The second kappa shape index (κ2) is 3.24. The fourth-order valence-electron chi connectivity index (χ4n) is 2.04. The van der Waals surface area contributed by atoms with E-state index in [1.807, 2.05) is 0 Å². The van der Waals surface area contributed by atoms with E-state index in [-0.39, 0.29) is 0 Å². The number of hydrazone groups is 1. The Hall–Kier alpha value is -0.530. The van der Waals surface area contributed by atoms with Gasteiger partial charge in [-0.2, -0.15) is 5.10 Å². The third-order valence-corrected chi connectivity index (χ3v) is 2.70. The summed E-state index contributed by atoms with van der Waals surface area (Å²) in [6.45, 7) is 1.20. The standard InChI is InChI=1S/C9H16N2/c1-2-5-9-6-4-8-11(9)10-7-3-1/h7,9H,1-6,8H2. The van der Waals surface area contributed by atoms with Crippen LogP contribution in [0.25, 0.3) is 0 Å². The van der Waals surface area contributed by atoms with Crippen LogP contribution in [0.15, 0.2) is 5.10 Å². The van der Waals surface area contributed by atoms with Gasteiger partial charge >= 0.3 is 0 Å². The van der Waals surface area contributed by atoms with E-state index in [0.717, 1.165) is 6.04 Å². The summed E-state index contributed by atoms with van der Waals surface area (Å²) in [4.78, 5) is 0. The molecule has 2 rings (SSSR count). The molecule has 0 aliphatic carbocycles. The van der Waals surface area contributed by atoms with Gasteiger partial charge in [0.2, 0.25) is 0 Å². The van der Waals surface area contributed by atoms with Crippen LogP contribution < -0.4 is 0 Å². The molecule has 1 fully saturated rings. The summed E-state index contributed by atoms with van der Waals surface area (Å²) < 4.78 is 0. The molecule has 1 saturated heterocycles. The van der Waals surface area contributed by atoms with Gasteiger partial charge in [-0.15, -0.1) is 0 Å². The smallest absolute Gasteiger partial charge is 0.0471 e. The van der Waals surface area contributed by atoms with Crippen molar-refractivity contribution in [2.24, 2.45) is 5.10 Å². The van der Waals surface area contributed by atoms with E-state index in [0.29, 0.717) is 0 Å². The molecule has 2 aliphatic heterocycles. The monoisotopic (exact) mass is 152 g/mol. The SMILES string of the molecule is C1=NN2CCCC2CCCC1. The van der Waals surface area contributed by atoms with Gasteiger partial charge in [0.25, 0.3) is 0 Å². The minimum atomic E-state index is 0.784. The molecule has 1 atom stereocenters. The summed E-state index contributed by atoms with van der Waals surface area (Å²) in [5.41, 5.74) is 0. The third-order valence-electron chi connectivity index (χ3n) is 2.70. The second-order valence-corrected chi connectivity index (χ2v) is 3.54. The molecule has 0 aromatic carbocycles. The molecular weight excluding hydrogens is 136 g/mol. The largest absolute Gasteiger partial charge is 0.294 e. The fraction of sp³-hybridized carbons (Fsp3) is 0.889. The second-order valence-electron chi connectivity index (χ2n) is 3.54. The van der Waals surface area contributed by atoms with Gasteiger partial charge in [-0.05, 0) is 32.1 Å². The number of rotatable bonds is 0. The molecule has 0 radical (unpaired) electrons. The molecular formula is C9H16N2. The van der Waals surface area contributed by atoms with Crippen LogP contribution in [0.2, 0.25) is 0 Å². The van der Waals surface area contributed by atoms with E-state index < -0.39 is 0 Å². The lowest BCUT2D eigenvalue weighted by Crippen LogP contribution is -2.25. The average Bonchev–Trinajstić information content (AvgIpc) is 2.35. The first kappa shape index (κ1) is 7.14. The highest BCUT2D eigenvalue weighted by Crippen LogP contribution is 2.23. The Bertz CT molecular complexity index is 154. The highest BCUT2D eigenvalue weighted by Gasteiger charge is 2.22. The molecule has 0 bridgehead atoms. The summed E-state index contributed by atoms with van der Waals surface area (Å²) in [7, 11) is 0. The van der Waals surface area contributed by atoms with Crippen LogP contribution in [0.4, 0.5) is 0 Å². The van der Waals surface area contributed by atoms with Crippen LogP contribution in [0.1, 0.15) is 38.5 Å². The van der Waals surface area contributed by atoms with Gasteiger partial charge in [0.1, 0.15) is 0 Å². The number of nitrogens with zero attached hydrogens (tertiary/aromatic N) is 2. The van der Waals surface area contributed by atoms with Crippen molar-refractivity contribution in [3.63, 3.8) is 0 Å². The van der Waals surface area contributed by atoms with Crippen molar-refractivity contribution in [1.82, 2.24) is 5.01 Å². The summed E-state index contributed by atoms with van der Waals surface area (Å²) in [5, 5.41) is 6.74. The van der Waals surface area contributed by atoms with Crippen molar-refractivity contribution in [1.29, 1.82) is 0 Å². The number of fused-ring (bicyclic) bond motifs is 1. The molecule has 0 aromatic heterocycles. The molecule has 0 spiro atoms. The van der Waals surface area contributed by atoms with Crippen molar-refractivity contribution in [3.05, 3.63) is 0 Å². The molecule has 62 valence electrons. The fourth-order valence-corrected chi connectivity index (χ4v) is 2.04. The predicted octanol–water partition coefficient (Wildman–Crippen LogP) is 2.01. The van der Waals surface area contributed by atoms with Gasteiger partial charge < -0.3 is 0 Å². The molecule has 1 unspecified atom stereocenters. The summed E-state index contributed by atoms with van der Waals surface area (Å²) in [6.07, 6.45) is 10.1. The topological polar surface area (TPSA) is 15.6 Å². The zero-order valence-corrected chi connectivity index (χ0v) is 7.00. The van der Waals surface area contributed by atoms with Crippen molar-refractivity contribution < 1.29 is 0 Å². The van der Waals surface area contributed by atoms with Crippen LogP contribution >= 0.6 is 0 Å². The Balaban J connectivity index is 2.01. The molecule has 0 saturated carbocycles. The van der Waals surface area contributed by atoms with E-state index in [4.69, 9.17) is 0 Å². The molecule has 0 N–H and O–H groups in total. The van der Waals surface area contributed by atoms with Gasteiger partial charge in [0, 0.05) is 18.8 Å². The number of hydrogen-bond acceptors (Lipinski definition) is 2. The lowest BCUT2D eigenvalue weighted by molar-refractivity contribution is 0.247. The zero-order chi connectivity index (χ0) is 7.52. The van der Waals surface area contributed by atoms with Gasteiger partial charge in [-0.1, -0.05) is 6.42 Å². The maximum Gasteiger partial charge on any atom is 0.0471 e. The highest BCUT2D eigenvalue weighted by atomic mass is 15.5. The van der Waals surface area contributed by atoms with Gasteiger partial charge in [0.05, 0.1) is 0 Å². The van der Waals surface area contributed by atoms with E-state index in [9.17, 15) is 0 Å². The van der Waals surface area contributed by atoms with E-state index in [1.54, 1.807) is 0 Å². The lowest BCUT2D eigenvalue weighted by Gasteiger charge is -2.22. The first-order valence-electron chi connectivity index (χ1n) is 4.76. The maximum absolute atomic E-state index is 4.45. The molecule has 0 aromatic rings. The third kappa shape index (κ3) is 1.55. The van der Waals surface area contributed by atoms with Crippen LogP contribution in [0.3, 0.4) is 0 Å². The highest BCUT2D eigenvalue weighted by molar-refractivity contribution is 5.56. The quantitative estimate of drug-likeness (QED) is 0.518. The van der Waals surface area contributed by atoms with Crippen molar-refractivity contribution in [3.8, 4) is 0 Å². The number of hydrogen-bond donors (Lipinski definition) is 0. The summed E-state index contributed by atoms with van der Waals surface area (Å²) >= 11 is 0. The predicted molar refractivity (Wildman–Crippen MR) is 46.7 cm³/mol. The molecule has 2 heterocycles.